The highest BCUT2D eigenvalue weighted by Gasteiger charge is 2.34. The molecule has 0 radical (unpaired) electrons. The summed E-state index contributed by atoms with van der Waals surface area (Å²) in [6.07, 6.45) is 4.78. The fourth-order valence-corrected chi connectivity index (χ4v) is 2.90. The summed E-state index contributed by atoms with van der Waals surface area (Å²) in [6, 6.07) is 0.231. The maximum Gasteiger partial charge on any atom is 0.0373 e. The van der Waals surface area contributed by atoms with Crippen molar-refractivity contribution in [3.05, 3.63) is 11.6 Å². The molecule has 0 saturated carbocycles. The summed E-state index contributed by atoms with van der Waals surface area (Å²) in [5.74, 6) is 1.28. The van der Waals surface area contributed by atoms with E-state index in [4.69, 9.17) is 5.73 Å². The van der Waals surface area contributed by atoms with E-state index in [1.165, 1.54) is 24.2 Å². The molecule has 0 aliphatic carbocycles. The molecule has 1 heterocycles. The van der Waals surface area contributed by atoms with E-state index in [0.717, 1.165) is 0 Å². The van der Waals surface area contributed by atoms with Crippen LogP contribution < -0.4 is 5.73 Å². The minimum Gasteiger partial charge on any atom is -0.323 e. The van der Waals surface area contributed by atoms with Gasteiger partial charge in [-0.15, -0.1) is 0 Å². The fraction of sp³-hybridized carbons (Fsp3) is 0.800. The molecule has 1 rings (SSSR count). The van der Waals surface area contributed by atoms with E-state index in [1.54, 1.807) is 0 Å². The molecule has 2 unspecified atom stereocenters. The molecule has 0 amide bonds. The van der Waals surface area contributed by atoms with Crippen LogP contribution in [0.2, 0.25) is 0 Å². The van der Waals surface area contributed by atoms with Gasteiger partial charge in [-0.1, -0.05) is 11.6 Å². The Bertz CT molecular complexity index is 176. The first-order chi connectivity index (χ1) is 5.54. The van der Waals surface area contributed by atoms with Crippen molar-refractivity contribution in [1.29, 1.82) is 0 Å². The summed E-state index contributed by atoms with van der Waals surface area (Å²) < 4.78 is 0.303. The van der Waals surface area contributed by atoms with Gasteiger partial charge in [0.1, 0.15) is 0 Å². The predicted molar refractivity (Wildman–Crippen MR) is 57.5 cm³/mol. The van der Waals surface area contributed by atoms with Crippen molar-refractivity contribution in [2.45, 2.75) is 44.4 Å². The lowest BCUT2D eigenvalue weighted by molar-refractivity contribution is 0.546. The van der Waals surface area contributed by atoms with Crippen LogP contribution in [0.4, 0.5) is 0 Å². The topological polar surface area (TPSA) is 26.0 Å². The largest absolute Gasteiger partial charge is 0.323 e. The van der Waals surface area contributed by atoms with Gasteiger partial charge in [-0.3, -0.25) is 0 Å². The molecule has 1 aliphatic heterocycles. The number of allylic oxidation sites excluding steroid dienone is 1. The van der Waals surface area contributed by atoms with Gasteiger partial charge in [-0.25, -0.2) is 0 Å². The highest BCUT2D eigenvalue weighted by atomic mass is 32.2. The van der Waals surface area contributed by atoms with E-state index in [0.29, 0.717) is 4.75 Å². The van der Waals surface area contributed by atoms with Crippen LogP contribution in [0.25, 0.3) is 0 Å². The number of rotatable bonds is 2. The predicted octanol–water partition coefficient (Wildman–Crippen LogP) is 2.57. The maximum absolute atomic E-state index is 6.12. The molecule has 0 aromatic carbocycles. The standard InChI is InChI=1S/C10H19NS/c1-8(2)7-9(11)10(3)5-4-6-12-10/h7,9H,4-6,11H2,1-3H3. The summed E-state index contributed by atoms with van der Waals surface area (Å²) in [7, 11) is 0. The zero-order valence-corrected chi connectivity index (χ0v) is 9.08. The lowest BCUT2D eigenvalue weighted by Crippen LogP contribution is -2.39. The third-order valence-electron chi connectivity index (χ3n) is 2.47. The summed E-state index contributed by atoms with van der Waals surface area (Å²) in [5, 5.41) is 0. The molecule has 70 valence electrons. The number of hydrogen-bond acceptors (Lipinski definition) is 2. The summed E-state index contributed by atoms with van der Waals surface area (Å²) in [4.78, 5) is 0. The van der Waals surface area contributed by atoms with Crippen molar-refractivity contribution in [3.63, 3.8) is 0 Å². The zero-order chi connectivity index (χ0) is 9.19. The summed E-state index contributed by atoms with van der Waals surface area (Å²) in [6.45, 7) is 6.51. The first-order valence-corrected chi connectivity index (χ1v) is 5.58. The lowest BCUT2D eigenvalue weighted by Gasteiger charge is -2.28. The van der Waals surface area contributed by atoms with Crippen molar-refractivity contribution in [1.82, 2.24) is 0 Å². The molecular weight excluding hydrogens is 166 g/mol. The van der Waals surface area contributed by atoms with Crippen molar-refractivity contribution in [2.75, 3.05) is 5.75 Å². The molecule has 0 aromatic heterocycles. The Balaban J connectivity index is 2.61. The van der Waals surface area contributed by atoms with Gasteiger partial charge in [0, 0.05) is 10.8 Å². The van der Waals surface area contributed by atoms with Crippen LogP contribution in [0.5, 0.6) is 0 Å². The quantitative estimate of drug-likeness (QED) is 0.669. The molecule has 2 N–H and O–H groups in total. The van der Waals surface area contributed by atoms with Crippen LogP contribution in [0.15, 0.2) is 11.6 Å². The first kappa shape index (κ1) is 10.1. The Morgan fingerprint density at radius 1 is 1.58 bits per heavy atom. The SMILES string of the molecule is CC(C)=CC(N)C1(C)CCCS1. The third kappa shape index (κ3) is 2.27. The van der Waals surface area contributed by atoms with Crippen LogP contribution >= 0.6 is 11.8 Å². The molecule has 12 heavy (non-hydrogen) atoms. The molecule has 1 fully saturated rings. The van der Waals surface area contributed by atoms with E-state index in [2.05, 4.69) is 26.8 Å². The number of hydrogen-bond donors (Lipinski definition) is 1. The highest BCUT2D eigenvalue weighted by Crippen LogP contribution is 2.40. The average Bonchev–Trinajstić information content (AvgIpc) is 2.36. The maximum atomic E-state index is 6.12. The fourth-order valence-electron chi connectivity index (χ4n) is 1.60. The minimum absolute atomic E-state index is 0.231. The van der Waals surface area contributed by atoms with E-state index in [9.17, 15) is 0 Å². The van der Waals surface area contributed by atoms with E-state index in [-0.39, 0.29) is 6.04 Å². The van der Waals surface area contributed by atoms with Crippen molar-refractivity contribution >= 4 is 11.8 Å². The molecule has 2 heteroatoms. The van der Waals surface area contributed by atoms with Gasteiger partial charge in [0.25, 0.3) is 0 Å². The van der Waals surface area contributed by atoms with Gasteiger partial charge in [-0.05, 0) is 39.4 Å². The van der Waals surface area contributed by atoms with Crippen LogP contribution in [0.3, 0.4) is 0 Å². The molecule has 0 bridgehead atoms. The second-order valence-corrected chi connectivity index (χ2v) is 5.66. The zero-order valence-electron chi connectivity index (χ0n) is 8.26. The van der Waals surface area contributed by atoms with Crippen molar-refractivity contribution in [3.8, 4) is 0 Å². The molecule has 0 aromatic rings. The van der Waals surface area contributed by atoms with E-state index in [1.807, 2.05) is 11.8 Å². The monoisotopic (exact) mass is 185 g/mol. The van der Waals surface area contributed by atoms with Gasteiger partial charge in [0.2, 0.25) is 0 Å². The average molecular weight is 185 g/mol. The number of thioether (sulfide) groups is 1. The van der Waals surface area contributed by atoms with Crippen LogP contribution in [0.1, 0.15) is 33.6 Å². The van der Waals surface area contributed by atoms with Gasteiger partial charge in [0.05, 0.1) is 0 Å². The second-order valence-electron chi connectivity index (χ2n) is 4.03. The Kier molecular flexibility index (Phi) is 3.24. The minimum atomic E-state index is 0.231. The van der Waals surface area contributed by atoms with Gasteiger partial charge < -0.3 is 5.73 Å². The van der Waals surface area contributed by atoms with Crippen molar-refractivity contribution < 1.29 is 0 Å². The Labute approximate surface area is 79.8 Å². The van der Waals surface area contributed by atoms with Gasteiger partial charge in [0.15, 0.2) is 0 Å². The van der Waals surface area contributed by atoms with Crippen LogP contribution in [-0.2, 0) is 0 Å². The molecule has 1 aliphatic rings. The second kappa shape index (κ2) is 3.84. The van der Waals surface area contributed by atoms with Crippen LogP contribution in [0, 0.1) is 0 Å². The van der Waals surface area contributed by atoms with Crippen molar-refractivity contribution in [2.24, 2.45) is 5.73 Å². The summed E-state index contributed by atoms with van der Waals surface area (Å²) in [5.41, 5.74) is 7.45. The molecule has 1 saturated heterocycles. The number of nitrogens with two attached hydrogens (primary N) is 1. The van der Waals surface area contributed by atoms with Crippen LogP contribution in [-0.4, -0.2) is 16.5 Å². The molecular formula is C10H19NS. The molecule has 0 spiro atoms. The Morgan fingerprint density at radius 3 is 2.67 bits per heavy atom. The lowest BCUT2D eigenvalue weighted by atomic mass is 9.95. The molecule has 1 nitrogen and oxygen atoms in total. The Hall–Kier alpha value is 0.0500. The third-order valence-corrected chi connectivity index (χ3v) is 4.10. The van der Waals surface area contributed by atoms with Gasteiger partial charge in [-0.2, -0.15) is 11.8 Å². The highest BCUT2D eigenvalue weighted by molar-refractivity contribution is 8.00. The van der Waals surface area contributed by atoms with Gasteiger partial charge >= 0.3 is 0 Å². The first-order valence-electron chi connectivity index (χ1n) is 4.59. The van der Waals surface area contributed by atoms with E-state index < -0.39 is 0 Å². The summed E-state index contributed by atoms with van der Waals surface area (Å²) >= 11 is 2.03. The normalized spacial score (nSPS) is 31.7. The Morgan fingerprint density at radius 2 is 2.25 bits per heavy atom. The smallest absolute Gasteiger partial charge is 0.0373 e. The molecule has 2 atom stereocenters. The van der Waals surface area contributed by atoms with E-state index >= 15 is 0 Å².